The molecule has 0 spiro atoms. The number of rotatable bonds is 2. The highest BCUT2D eigenvalue weighted by Gasteiger charge is 2.32. The molecule has 1 heterocycles. The van der Waals surface area contributed by atoms with Gasteiger partial charge in [-0.15, -0.1) is 0 Å². The molecule has 1 nitrogen and oxygen atoms in total. The van der Waals surface area contributed by atoms with E-state index in [2.05, 4.69) is 0 Å². The van der Waals surface area contributed by atoms with Crippen molar-refractivity contribution in [3.63, 3.8) is 0 Å². The largest absolute Gasteiger partial charge is 0.275 e. The maximum absolute atomic E-state index is 5.94. The zero-order chi connectivity index (χ0) is 12.3. The van der Waals surface area contributed by atoms with Gasteiger partial charge in [0.15, 0.2) is 12.7 Å². The third-order valence-electron chi connectivity index (χ3n) is 2.43. The Morgan fingerprint density at radius 1 is 0.882 bits per heavy atom. The van der Waals surface area contributed by atoms with Crippen LogP contribution in [-0.2, 0) is 10.3 Å². The van der Waals surface area contributed by atoms with Crippen molar-refractivity contribution in [3.8, 4) is 0 Å². The number of aromatic nitrogens is 1. The van der Waals surface area contributed by atoms with E-state index in [4.69, 9.17) is 34.8 Å². The van der Waals surface area contributed by atoms with Crippen molar-refractivity contribution in [2.75, 3.05) is 0 Å². The normalized spacial score (nSPS) is 11.5. The van der Waals surface area contributed by atoms with Gasteiger partial charge in [0.05, 0.1) is 0 Å². The van der Waals surface area contributed by atoms with Gasteiger partial charge in [-0.05, 0) is 6.07 Å². The first-order valence-corrected chi connectivity index (χ1v) is 6.30. The van der Waals surface area contributed by atoms with Crippen molar-refractivity contribution in [1.82, 2.24) is 0 Å². The molecule has 0 bridgehead atoms. The van der Waals surface area contributed by atoms with Crippen molar-refractivity contribution >= 4 is 34.8 Å². The van der Waals surface area contributed by atoms with Crippen LogP contribution in [0.2, 0.25) is 0 Å². The molecule has 0 aliphatic carbocycles. The van der Waals surface area contributed by atoms with E-state index in [-0.39, 0.29) is 0 Å². The van der Waals surface area contributed by atoms with E-state index in [1.807, 2.05) is 59.3 Å². The van der Waals surface area contributed by atoms with Crippen molar-refractivity contribution in [1.29, 1.82) is 0 Å². The molecule has 0 fully saturated rings. The van der Waals surface area contributed by atoms with E-state index in [0.717, 1.165) is 0 Å². The molecule has 4 heteroatoms. The first-order chi connectivity index (χ1) is 8.07. The van der Waals surface area contributed by atoms with Crippen molar-refractivity contribution in [3.05, 3.63) is 66.0 Å². The Balaban J connectivity index is 2.34. The summed E-state index contributed by atoms with van der Waals surface area (Å²) in [5.41, 5.74) is 1.83. The summed E-state index contributed by atoms with van der Waals surface area (Å²) in [7, 11) is 0. The lowest BCUT2D eigenvalue weighted by Gasteiger charge is -2.10. The lowest BCUT2D eigenvalue weighted by atomic mass is 10.2. The van der Waals surface area contributed by atoms with E-state index in [1.54, 1.807) is 0 Å². The number of alkyl halides is 3. The summed E-state index contributed by atoms with van der Waals surface area (Å²) in [5, 5.41) is 0. The summed E-state index contributed by atoms with van der Waals surface area (Å²) in [6.07, 6.45) is 1.91. The monoisotopic (exact) mass is 286 g/mol. The van der Waals surface area contributed by atoms with Gasteiger partial charge in [-0.2, -0.15) is 4.57 Å². The molecule has 1 aromatic heterocycles. The molecule has 1 aromatic carbocycles. The summed E-state index contributed by atoms with van der Waals surface area (Å²) in [6.45, 7) is 0.685. The van der Waals surface area contributed by atoms with Gasteiger partial charge in [-0.25, -0.2) is 0 Å². The fourth-order valence-electron chi connectivity index (χ4n) is 1.65. The molecule has 0 saturated heterocycles. The van der Waals surface area contributed by atoms with Gasteiger partial charge in [0.2, 0.25) is 5.69 Å². The second kappa shape index (κ2) is 5.26. The molecule has 2 rings (SSSR count). The molecule has 0 radical (unpaired) electrons. The van der Waals surface area contributed by atoms with E-state index in [1.165, 1.54) is 5.56 Å². The zero-order valence-electron chi connectivity index (χ0n) is 8.98. The lowest BCUT2D eigenvalue weighted by Crippen LogP contribution is -2.41. The summed E-state index contributed by atoms with van der Waals surface area (Å²) in [4.78, 5) is 0. The van der Waals surface area contributed by atoms with Crippen LogP contribution < -0.4 is 4.57 Å². The van der Waals surface area contributed by atoms with Gasteiger partial charge in [0, 0.05) is 17.7 Å². The molecule has 0 unspecified atom stereocenters. The van der Waals surface area contributed by atoms with E-state index >= 15 is 0 Å². The van der Waals surface area contributed by atoms with Crippen molar-refractivity contribution < 1.29 is 4.57 Å². The Bertz CT molecular complexity index is 492. The molecule has 2 aromatic rings. The molecular weight excluding hydrogens is 277 g/mol. The lowest BCUT2D eigenvalue weighted by molar-refractivity contribution is -0.695. The highest BCUT2D eigenvalue weighted by atomic mass is 35.6. The minimum Gasteiger partial charge on any atom is -0.194 e. The van der Waals surface area contributed by atoms with Crippen LogP contribution in [0.4, 0.5) is 0 Å². The van der Waals surface area contributed by atoms with Gasteiger partial charge < -0.3 is 0 Å². The summed E-state index contributed by atoms with van der Waals surface area (Å²) >= 11 is 17.8. The van der Waals surface area contributed by atoms with Crippen molar-refractivity contribution in [2.24, 2.45) is 0 Å². The Labute approximate surface area is 116 Å². The van der Waals surface area contributed by atoms with Gasteiger partial charge in [0.25, 0.3) is 3.79 Å². The summed E-state index contributed by atoms with van der Waals surface area (Å²) < 4.78 is 0.526. The van der Waals surface area contributed by atoms with Gasteiger partial charge >= 0.3 is 0 Å². The van der Waals surface area contributed by atoms with Crippen LogP contribution in [0.15, 0.2) is 54.7 Å². The quantitative estimate of drug-likeness (QED) is 0.583. The molecule has 17 heavy (non-hydrogen) atoms. The molecule has 0 N–H and O–H groups in total. The number of hydrogen-bond acceptors (Lipinski definition) is 0. The Morgan fingerprint density at radius 2 is 1.53 bits per heavy atom. The molecular formula is C13H11Cl3N+. The van der Waals surface area contributed by atoms with Crippen LogP contribution in [0.25, 0.3) is 0 Å². The first-order valence-electron chi connectivity index (χ1n) is 5.17. The molecule has 0 amide bonds. The highest BCUT2D eigenvalue weighted by molar-refractivity contribution is 6.66. The van der Waals surface area contributed by atoms with Crippen LogP contribution >= 0.6 is 34.8 Å². The number of halogens is 3. The van der Waals surface area contributed by atoms with Gasteiger partial charge in [-0.1, -0.05) is 65.1 Å². The van der Waals surface area contributed by atoms with Crippen LogP contribution in [0, 0.1) is 0 Å². The van der Waals surface area contributed by atoms with E-state index in [9.17, 15) is 0 Å². The summed E-state index contributed by atoms with van der Waals surface area (Å²) in [5.74, 6) is 0. The number of benzene rings is 1. The number of hydrogen-bond donors (Lipinski definition) is 0. The zero-order valence-corrected chi connectivity index (χ0v) is 11.3. The van der Waals surface area contributed by atoms with E-state index in [0.29, 0.717) is 12.2 Å². The predicted molar refractivity (Wildman–Crippen MR) is 71.4 cm³/mol. The third-order valence-corrected chi connectivity index (χ3v) is 3.01. The molecule has 0 saturated carbocycles. The van der Waals surface area contributed by atoms with Crippen LogP contribution in [0.3, 0.4) is 0 Å². The Kier molecular flexibility index (Phi) is 3.93. The molecule has 0 aliphatic heterocycles. The molecule has 0 atom stereocenters. The van der Waals surface area contributed by atoms with Crippen LogP contribution in [-0.4, -0.2) is 0 Å². The topological polar surface area (TPSA) is 3.88 Å². The first kappa shape index (κ1) is 12.7. The average Bonchev–Trinajstić information content (AvgIpc) is 2.30. The fraction of sp³-hybridized carbons (Fsp3) is 0.154. The Morgan fingerprint density at radius 3 is 2.18 bits per heavy atom. The third kappa shape index (κ3) is 3.35. The maximum Gasteiger partial charge on any atom is 0.275 e. The SMILES string of the molecule is ClC(Cl)(Cl)c1cccc[n+]1Cc1ccccc1. The van der Waals surface area contributed by atoms with Crippen LogP contribution in [0.5, 0.6) is 0 Å². The van der Waals surface area contributed by atoms with Crippen LogP contribution in [0.1, 0.15) is 11.3 Å². The minimum atomic E-state index is -1.41. The second-order valence-corrected chi connectivity index (χ2v) is 5.98. The van der Waals surface area contributed by atoms with E-state index < -0.39 is 3.79 Å². The highest BCUT2D eigenvalue weighted by Crippen LogP contribution is 2.35. The second-order valence-electron chi connectivity index (χ2n) is 3.70. The molecule has 88 valence electrons. The summed E-state index contributed by atoms with van der Waals surface area (Å²) in [6, 6.07) is 15.7. The predicted octanol–water partition coefficient (Wildman–Crippen LogP) is 3.85. The maximum atomic E-state index is 5.94. The van der Waals surface area contributed by atoms with Gasteiger partial charge in [0.1, 0.15) is 0 Å². The smallest absolute Gasteiger partial charge is 0.194 e. The van der Waals surface area contributed by atoms with Crippen molar-refractivity contribution in [2.45, 2.75) is 10.3 Å². The average molecular weight is 288 g/mol. The molecule has 0 aliphatic rings. The fourth-order valence-corrected chi connectivity index (χ4v) is 2.17. The standard InChI is InChI=1S/C13H11Cl3N/c14-13(15,16)12-8-4-5-9-17(12)10-11-6-2-1-3-7-11/h1-9H,10H2/q+1. The number of nitrogens with zero attached hydrogens (tertiary/aromatic N) is 1. The number of pyridine rings is 1. The Hall–Kier alpha value is -0.760. The minimum absolute atomic E-state index is 0.661. The van der Waals surface area contributed by atoms with Gasteiger partial charge in [-0.3, -0.25) is 0 Å².